The number of aromatic nitrogens is 1. The standard InChI is InChI=1S/C27H30N2O3S/c1-4-29(18-22-11-8-10-20-9-6-7-12-24(20)22)19-23-14-15-25(28-23)21-13-16-26(32-3)27(17-21)33(30,31)5-2/h6-17,28H,4-5,18-19H2,1-3H3. The van der Waals surface area contributed by atoms with Gasteiger partial charge in [-0.15, -0.1) is 0 Å². The molecule has 5 nitrogen and oxygen atoms in total. The minimum Gasteiger partial charge on any atom is -0.495 e. The van der Waals surface area contributed by atoms with E-state index in [0.717, 1.165) is 36.6 Å². The van der Waals surface area contributed by atoms with Crippen LogP contribution >= 0.6 is 0 Å². The average molecular weight is 463 g/mol. The molecule has 0 saturated carbocycles. The summed E-state index contributed by atoms with van der Waals surface area (Å²) >= 11 is 0. The van der Waals surface area contributed by atoms with E-state index in [0.29, 0.717) is 5.75 Å². The lowest BCUT2D eigenvalue weighted by Crippen LogP contribution is -2.22. The van der Waals surface area contributed by atoms with Crippen molar-refractivity contribution in [1.82, 2.24) is 9.88 Å². The van der Waals surface area contributed by atoms with Crippen LogP contribution in [0.1, 0.15) is 25.1 Å². The van der Waals surface area contributed by atoms with Gasteiger partial charge in [0.05, 0.1) is 12.9 Å². The minimum atomic E-state index is -3.39. The molecule has 0 atom stereocenters. The number of rotatable bonds is 9. The van der Waals surface area contributed by atoms with Gasteiger partial charge in [0.2, 0.25) is 0 Å². The molecule has 1 aromatic heterocycles. The molecule has 0 bridgehead atoms. The Labute approximate surface area is 195 Å². The topological polar surface area (TPSA) is 62.4 Å². The molecule has 4 aromatic rings. The quantitative estimate of drug-likeness (QED) is 0.349. The summed E-state index contributed by atoms with van der Waals surface area (Å²) in [7, 11) is -1.90. The first kappa shape index (κ1) is 23.1. The van der Waals surface area contributed by atoms with Crippen LogP contribution in [-0.4, -0.2) is 37.7 Å². The van der Waals surface area contributed by atoms with E-state index in [1.165, 1.54) is 23.4 Å². The number of methoxy groups -OCH3 is 1. The smallest absolute Gasteiger partial charge is 0.181 e. The van der Waals surface area contributed by atoms with E-state index in [1.54, 1.807) is 19.1 Å². The molecule has 3 aromatic carbocycles. The van der Waals surface area contributed by atoms with Crippen molar-refractivity contribution in [2.75, 3.05) is 19.4 Å². The molecule has 0 aliphatic carbocycles. The van der Waals surface area contributed by atoms with Gasteiger partial charge in [0.1, 0.15) is 10.6 Å². The first-order chi connectivity index (χ1) is 15.9. The fourth-order valence-corrected chi connectivity index (χ4v) is 5.21. The van der Waals surface area contributed by atoms with Gasteiger partial charge in [0, 0.05) is 24.5 Å². The third kappa shape index (κ3) is 4.97. The van der Waals surface area contributed by atoms with Crippen LogP contribution in [0.25, 0.3) is 22.0 Å². The van der Waals surface area contributed by atoms with Crippen LogP contribution in [0.4, 0.5) is 0 Å². The summed E-state index contributed by atoms with van der Waals surface area (Å²) in [6.45, 7) is 6.35. The highest BCUT2D eigenvalue weighted by Crippen LogP contribution is 2.30. The molecule has 0 unspecified atom stereocenters. The largest absolute Gasteiger partial charge is 0.495 e. The van der Waals surface area contributed by atoms with Crippen LogP contribution in [0.5, 0.6) is 5.75 Å². The minimum absolute atomic E-state index is 0.0302. The molecule has 0 aliphatic rings. The fourth-order valence-electron chi connectivity index (χ4n) is 4.14. The molecule has 0 amide bonds. The second-order valence-electron chi connectivity index (χ2n) is 8.11. The maximum atomic E-state index is 12.5. The number of hydrogen-bond donors (Lipinski definition) is 1. The number of fused-ring (bicyclic) bond motifs is 1. The molecule has 33 heavy (non-hydrogen) atoms. The zero-order valence-electron chi connectivity index (χ0n) is 19.3. The number of nitrogens with zero attached hydrogens (tertiary/aromatic N) is 1. The Morgan fingerprint density at radius 3 is 2.45 bits per heavy atom. The maximum Gasteiger partial charge on any atom is 0.181 e. The zero-order chi connectivity index (χ0) is 23.4. The van der Waals surface area contributed by atoms with Gasteiger partial charge >= 0.3 is 0 Å². The van der Waals surface area contributed by atoms with Crippen molar-refractivity contribution in [2.45, 2.75) is 31.8 Å². The summed E-state index contributed by atoms with van der Waals surface area (Å²) in [4.78, 5) is 6.09. The van der Waals surface area contributed by atoms with Crippen molar-refractivity contribution in [3.05, 3.63) is 84.1 Å². The van der Waals surface area contributed by atoms with Crippen molar-refractivity contribution in [3.8, 4) is 17.0 Å². The summed E-state index contributed by atoms with van der Waals surface area (Å²) in [6, 6.07) is 24.3. The number of ether oxygens (including phenoxy) is 1. The highest BCUT2D eigenvalue weighted by molar-refractivity contribution is 7.91. The van der Waals surface area contributed by atoms with Gasteiger partial charge in [-0.25, -0.2) is 8.42 Å². The third-order valence-corrected chi connectivity index (χ3v) is 7.80. The van der Waals surface area contributed by atoms with Crippen molar-refractivity contribution in [1.29, 1.82) is 0 Å². The van der Waals surface area contributed by atoms with Crippen LogP contribution in [0.15, 0.2) is 77.7 Å². The molecule has 0 saturated heterocycles. The van der Waals surface area contributed by atoms with Gasteiger partial charge in [-0.05, 0) is 58.8 Å². The highest BCUT2D eigenvalue weighted by atomic mass is 32.2. The molecule has 6 heteroatoms. The lowest BCUT2D eigenvalue weighted by molar-refractivity contribution is 0.269. The van der Waals surface area contributed by atoms with E-state index >= 15 is 0 Å². The number of benzene rings is 3. The molecule has 1 N–H and O–H groups in total. The molecule has 0 spiro atoms. The molecule has 0 fully saturated rings. The first-order valence-electron chi connectivity index (χ1n) is 11.2. The number of aromatic amines is 1. The Kier molecular flexibility index (Phi) is 6.86. The van der Waals surface area contributed by atoms with Crippen molar-refractivity contribution >= 4 is 20.6 Å². The summed E-state index contributed by atoms with van der Waals surface area (Å²) in [5.41, 5.74) is 4.11. The molecule has 1 heterocycles. The van der Waals surface area contributed by atoms with E-state index in [1.807, 2.05) is 12.1 Å². The Morgan fingerprint density at radius 2 is 1.70 bits per heavy atom. The van der Waals surface area contributed by atoms with E-state index in [2.05, 4.69) is 65.3 Å². The van der Waals surface area contributed by atoms with Gasteiger partial charge in [-0.3, -0.25) is 4.90 Å². The molecular weight excluding hydrogens is 432 g/mol. The van der Waals surface area contributed by atoms with Crippen molar-refractivity contribution in [2.24, 2.45) is 0 Å². The zero-order valence-corrected chi connectivity index (χ0v) is 20.2. The summed E-state index contributed by atoms with van der Waals surface area (Å²) < 4.78 is 30.3. The number of nitrogens with one attached hydrogen (secondary N) is 1. The SMILES string of the molecule is CCN(Cc1ccc(-c2ccc(OC)c(S(=O)(=O)CC)c2)[nH]1)Cc1cccc2ccccc12. The first-order valence-corrected chi connectivity index (χ1v) is 12.9. The summed E-state index contributed by atoms with van der Waals surface area (Å²) in [6.07, 6.45) is 0. The van der Waals surface area contributed by atoms with Crippen LogP contribution in [-0.2, 0) is 22.9 Å². The van der Waals surface area contributed by atoms with Crippen LogP contribution in [0, 0.1) is 0 Å². The predicted octanol–water partition coefficient (Wildman–Crippen LogP) is 5.66. The van der Waals surface area contributed by atoms with Crippen LogP contribution < -0.4 is 4.74 Å². The Bertz CT molecular complexity index is 1350. The van der Waals surface area contributed by atoms with Crippen LogP contribution in [0.3, 0.4) is 0 Å². The molecule has 4 rings (SSSR count). The van der Waals surface area contributed by atoms with Gasteiger partial charge in [0.25, 0.3) is 0 Å². The normalized spacial score (nSPS) is 11.9. The van der Waals surface area contributed by atoms with E-state index in [-0.39, 0.29) is 10.6 Å². The maximum absolute atomic E-state index is 12.5. The Morgan fingerprint density at radius 1 is 0.909 bits per heavy atom. The van der Waals surface area contributed by atoms with E-state index in [4.69, 9.17) is 4.74 Å². The monoisotopic (exact) mass is 462 g/mol. The lowest BCUT2D eigenvalue weighted by Gasteiger charge is -2.21. The van der Waals surface area contributed by atoms with Crippen LogP contribution in [0.2, 0.25) is 0 Å². The molecule has 0 radical (unpaired) electrons. The lowest BCUT2D eigenvalue weighted by atomic mass is 10.0. The third-order valence-electron chi connectivity index (χ3n) is 6.05. The van der Waals surface area contributed by atoms with Crippen molar-refractivity contribution in [3.63, 3.8) is 0 Å². The molecular formula is C27H30N2O3S. The summed E-state index contributed by atoms with van der Waals surface area (Å²) in [5, 5.41) is 2.54. The Balaban J connectivity index is 1.56. The van der Waals surface area contributed by atoms with Gasteiger partial charge < -0.3 is 9.72 Å². The van der Waals surface area contributed by atoms with Gasteiger partial charge in [-0.1, -0.05) is 56.3 Å². The highest BCUT2D eigenvalue weighted by Gasteiger charge is 2.19. The van der Waals surface area contributed by atoms with Gasteiger partial charge in [-0.2, -0.15) is 0 Å². The average Bonchev–Trinajstić information content (AvgIpc) is 3.32. The predicted molar refractivity (Wildman–Crippen MR) is 134 cm³/mol. The second-order valence-corrected chi connectivity index (χ2v) is 10.4. The van der Waals surface area contributed by atoms with Gasteiger partial charge in [0.15, 0.2) is 9.84 Å². The fraction of sp³-hybridized carbons (Fsp3) is 0.259. The number of hydrogen-bond acceptors (Lipinski definition) is 4. The second kappa shape index (κ2) is 9.81. The van der Waals surface area contributed by atoms with E-state index < -0.39 is 9.84 Å². The van der Waals surface area contributed by atoms with Crippen molar-refractivity contribution < 1.29 is 13.2 Å². The number of sulfone groups is 1. The molecule has 172 valence electrons. The number of H-pyrrole nitrogens is 1. The van der Waals surface area contributed by atoms with E-state index in [9.17, 15) is 8.42 Å². The summed E-state index contributed by atoms with van der Waals surface area (Å²) in [5.74, 6) is 0.405. The molecule has 0 aliphatic heterocycles. The Hall–Kier alpha value is -3.09.